The van der Waals surface area contributed by atoms with Crippen molar-refractivity contribution in [2.75, 3.05) is 32.8 Å². The van der Waals surface area contributed by atoms with Crippen molar-refractivity contribution in [2.24, 2.45) is 5.73 Å². The third-order valence-corrected chi connectivity index (χ3v) is 2.86. The maximum absolute atomic E-state index is 8.63. The summed E-state index contributed by atoms with van der Waals surface area (Å²) in [5, 5.41) is 8.63. The third-order valence-electron chi connectivity index (χ3n) is 2.65. The molecule has 1 rings (SSSR count). The summed E-state index contributed by atoms with van der Waals surface area (Å²) < 4.78 is 5.48. The van der Waals surface area contributed by atoms with Crippen molar-refractivity contribution in [1.82, 2.24) is 4.90 Å². The molecule has 1 aliphatic heterocycles. The minimum atomic E-state index is 0.113. The number of hydrogen-bond donors (Lipinski definition) is 2. The quantitative estimate of drug-likeness (QED) is 0.638. The van der Waals surface area contributed by atoms with Crippen molar-refractivity contribution in [3.8, 4) is 0 Å². The predicted molar refractivity (Wildman–Crippen MR) is 63.9 cm³/mol. The number of aliphatic hydroxyl groups excluding tert-OH is 1. The Bertz CT molecular complexity index is 194. The number of ether oxygens (including phenoxy) is 1. The van der Waals surface area contributed by atoms with Gasteiger partial charge in [-0.3, -0.25) is 0 Å². The molecule has 88 valence electrons. The molecular formula is C10H20N2O2S. The highest BCUT2D eigenvalue weighted by molar-refractivity contribution is 7.80. The summed E-state index contributed by atoms with van der Waals surface area (Å²) in [4.78, 5) is 2.95. The summed E-state index contributed by atoms with van der Waals surface area (Å²) in [6, 6.07) is 0. The first-order chi connectivity index (χ1) is 7.22. The van der Waals surface area contributed by atoms with Gasteiger partial charge in [-0.25, -0.2) is 0 Å². The van der Waals surface area contributed by atoms with Crippen molar-refractivity contribution in [1.29, 1.82) is 0 Å². The van der Waals surface area contributed by atoms with Gasteiger partial charge < -0.3 is 20.5 Å². The number of piperidine rings is 1. The van der Waals surface area contributed by atoms with E-state index in [2.05, 4.69) is 4.90 Å². The second-order valence-electron chi connectivity index (χ2n) is 3.85. The minimum absolute atomic E-state index is 0.113. The number of hydrogen-bond acceptors (Lipinski definition) is 4. The SMILES string of the molecule is NC(=S)CCN1CCC(OCCO)CC1. The molecule has 1 heterocycles. The van der Waals surface area contributed by atoms with Gasteiger partial charge in [0, 0.05) is 26.1 Å². The first-order valence-corrected chi connectivity index (χ1v) is 5.86. The van der Waals surface area contributed by atoms with Crippen LogP contribution in [0.15, 0.2) is 0 Å². The second-order valence-corrected chi connectivity index (χ2v) is 4.38. The Balaban J connectivity index is 2.09. The van der Waals surface area contributed by atoms with Gasteiger partial charge in [-0.2, -0.15) is 0 Å². The van der Waals surface area contributed by atoms with Crippen LogP contribution in [0, 0.1) is 0 Å². The molecule has 1 aliphatic rings. The molecule has 0 aromatic heterocycles. The topological polar surface area (TPSA) is 58.7 Å². The predicted octanol–water partition coefficient (Wildman–Crippen LogP) is 0.136. The maximum atomic E-state index is 8.63. The van der Waals surface area contributed by atoms with Gasteiger partial charge in [0.1, 0.15) is 0 Å². The largest absolute Gasteiger partial charge is 0.394 e. The number of nitrogens with two attached hydrogens (primary N) is 1. The van der Waals surface area contributed by atoms with E-state index < -0.39 is 0 Å². The molecule has 4 nitrogen and oxygen atoms in total. The monoisotopic (exact) mass is 232 g/mol. The van der Waals surface area contributed by atoms with Crippen LogP contribution in [0.1, 0.15) is 19.3 Å². The minimum Gasteiger partial charge on any atom is -0.394 e. The first-order valence-electron chi connectivity index (χ1n) is 5.45. The average Bonchev–Trinajstić information content (AvgIpc) is 2.25. The lowest BCUT2D eigenvalue weighted by molar-refractivity contribution is -0.00723. The van der Waals surface area contributed by atoms with Crippen molar-refractivity contribution in [3.05, 3.63) is 0 Å². The average molecular weight is 232 g/mol. The van der Waals surface area contributed by atoms with Gasteiger partial charge in [-0.1, -0.05) is 12.2 Å². The van der Waals surface area contributed by atoms with Crippen molar-refractivity contribution in [3.63, 3.8) is 0 Å². The lowest BCUT2D eigenvalue weighted by Gasteiger charge is -2.31. The first kappa shape index (κ1) is 12.8. The second kappa shape index (κ2) is 7.11. The van der Waals surface area contributed by atoms with E-state index in [1.54, 1.807) is 0 Å². The highest BCUT2D eigenvalue weighted by Crippen LogP contribution is 2.13. The Morgan fingerprint density at radius 1 is 1.47 bits per heavy atom. The van der Waals surface area contributed by atoms with Crippen LogP contribution >= 0.6 is 12.2 Å². The zero-order valence-electron chi connectivity index (χ0n) is 9.02. The van der Waals surface area contributed by atoms with Crippen molar-refractivity contribution < 1.29 is 9.84 Å². The molecule has 0 radical (unpaired) electrons. The number of nitrogens with zero attached hydrogens (tertiary/aromatic N) is 1. The summed E-state index contributed by atoms with van der Waals surface area (Å²) >= 11 is 4.84. The fourth-order valence-corrected chi connectivity index (χ4v) is 1.88. The normalized spacial score (nSPS) is 19.3. The van der Waals surface area contributed by atoms with Crippen LogP contribution in [0.5, 0.6) is 0 Å². The van der Waals surface area contributed by atoms with E-state index in [1.807, 2.05) is 0 Å². The van der Waals surface area contributed by atoms with Crippen LogP contribution in [-0.2, 0) is 4.74 Å². The van der Waals surface area contributed by atoms with E-state index >= 15 is 0 Å². The molecule has 0 aromatic carbocycles. The molecule has 0 amide bonds. The van der Waals surface area contributed by atoms with E-state index in [9.17, 15) is 0 Å². The van der Waals surface area contributed by atoms with E-state index in [0.717, 1.165) is 38.9 Å². The standard InChI is InChI=1S/C10H20N2O2S/c11-10(15)3-6-12-4-1-9(2-5-12)14-8-7-13/h9,13H,1-8H2,(H2,11,15). The third kappa shape index (κ3) is 5.41. The lowest BCUT2D eigenvalue weighted by Crippen LogP contribution is -2.38. The molecule has 0 aliphatic carbocycles. The number of rotatable bonds is 6. The maximum Gasteiger partial charge on any atom is 0.0740 e. The Morgan fingerprint density at radius 3 is 2.67 bits per heavy atom. The summed E-state index contributed by atoms with van der Waals surface area (Å²) in [5.41, 5.74) is 5.45. The summed E-state index contributed by atoms with van der Waals surface area (Å²) in [5.74, 6) is 0. The molecule has 1 fully saturated rings. The molecule has 0 spiro atoms. The van der Waals surface area contributed by atoms with Crippen molar-refractivity contribution in [2.45, 2.75) is 25.4 Å². The summed E-state index contributed by atoms with van der Waals surface area (Å²) in [6.07, 6.45) is 3.20. The van der Waals surface area contributed by atoms with Gasteiger partial charge in [-0.15, -0.1) is 0 Å². The highest BCUT2D eigenvalue weighted by Gasteiger charge is 2.18. The van der Waals surface area contributed by atoms with E-state index in [-0.39, 0.29) is 6.61 Å². The Morgan fingerprint density at radius 2 is 2.13 bits per heavy atom. The van der Waals surface area contributed by atoms with Gasteiger partial charge in [-0.05, 0) is 12.8 Å². The smallest absolute Gasteiger partial charge is 0.0740 e. The molecule has 0 atom stereocenters. The van der Waals surface area contributed by atoms with Crippen LogP contribution in [0.2, 0.25) is 0 Å². The molecular weight excluding hydrogens is 212 g/mol. The van der Waals surface area contributed by atoms with Gasteiger partial charge in [0.15, 0.2) is 0 Å². The molecule has 3 N–H and O–H groups in total. The van der Waals surface area contributed by atoms with Gasteiger partial charge in [0.2, 0.25) is 0 Å². The molecule has 5 heteroatoms. The van der Waals surface area contributed by atoms with Crippen LogP contribution in [0.3, 0.4) is 0 Å². The molecule has 0 saturated carbocycles. The van der Waals surface area contributed by atoms with Crippen LogP contribution in [0.4, 0.5) is 0 Å². The van der Waals surface area contributed by atoms with Gasteiger partial charge in [0.25, 0.3) is 0 Å². The zero-order valence-corrected chi connectivity index (χ0v) is 9.84. The van der Waals surface area contributed by atoms with E-state index in [4.69, 9.17) is 27.8 Å². The van der Waals surface area contributed by atoms with E-state index in [1.165, 1.54) is 0 Å². The fourth-order valence-electron chi connectivity index (χ4n) is 1.79. The Labute approximate surface area is 96.4 Å². The zero-order chi connectivity index (χ0) is 11.1. The lowest BCUT2D eigenvalue weighted by atomic mass is 10.1. The summed E-state index contributed by atoms with van der Waals surface area (Å²) in [6.45, 7) is 3.61. The molecule has 0 unspecified atom stereocenters. The molecule has 0 aromatic rings. The molecule has 15 heavy (non-hydrogen) atoms. The van der Waals surface area contributed by atoms with Gasteiger partial charge >= 0.3 is 0 Å². The fraction of sp³-hybridized carbons (Fsp3) is 0.900. The summed E-state index contributed by atoms with van der Waals surface area (Å²) in [7, 11) is 0. The van der Waals surface area contributed by atoms with E-state index in [0.29, 0.717) is 17.7 Å². The van der Waals surface area contributed by atoms with Crippen LogP contribution < -0.4 is 5.73 Å². The van der Waals surface area contributed by atoms with Crippen molar-refractivity contribution >= 4 is 17.2 Å². The van der Waals surface area contributed by atoms with Crippen LogP contribution in [0.25, 0.3) is 0 Å². The number of likely N-dealkylation sites (tertiary alicyclic amines) is 1. The Kier molecular flexibility index (Phi) is 6.09. The van der Waals surface area contributed by atoms with Gasteiger partial charge in [0.05, 0.1) is 24.3 Å². The highest BCUT2D eigenvalue weighted by atomic mass is 32.1. The Hall–Kier alpha value is -0.230. The molecule has 0 bridgehead atoms. The molecule has 1 saturated heterocycles. The number of thiocarbonyl (C=S) groups is 1. The van der Waals surface area contributed by atoms with Crippen LogP contribution in [-0.4, -0.2) is 53.9 Å². The number of aliphatic hydroxyl groups is 1.